The first-order chi connectivity index (χ1) is 14.5. The number of ether oxygens (including phenoxy) is 3. The topological polar surface area (TPSA) is 94.2 Å². The van der Waals surface area contributed by atoms with Crippen molar-refractivity contribution in [1.29, 1.82) is 0 Å². The number of rotatable bonds is 5. The lowest BCUT2D eigenvalue weighted by Crippen LogP contribution is -2.41. The quantitative estimate of drug-likeness (QED) is 0.773. The van der Waals surface area contributed by atoms with Crippen LogP contribution in [-0.4, -0.2) is 58.1 Å². The summed E-state index contributed by atoms with van der Waals surface area (Å²) in [5, 5.41) is 2.84. The molecule has 0 aromatic heterocycles. The number of hydrogen-bond acceptors (Lipinski definition) is 6. The van der Waals surface area contributed by atoms with Gasteiger partial charge in [-0.15, -0.1) is 0 Å². The number of morpholine rings is 1. The highest BCUT2D eigenvalue weighted by molar-refractivity contribution is 7.89. The van der Waals surface area contributed by atoms with Crippen molar-refractivity contribution in [3.05, 3.63) is 53.1 Å². The highest BCUT2D eigenvalue weighted by atomic mass is 32.2. The molecule has 2 aromatic rings. The molecule has 2 aliphatic heterocycles. The van der Waals surface area contributed by atoms with Crippen molar-refractivity contribution in [3.63, 3.8) is 0 Å². The van der Waals surface area contributed by atoms with Gasteiger partial charge >= 0.3 is 0 Å². The average molecular weight is 432 g/mol. The van der Waals surface area contributed by atoms with Crippen molar-refractivity contribution in [1.82, 2.24) is 9.62 Å². The smallest absolute Gasteiger partial charge is 0.251 e. The van der Waals surface area contributed by atoms with E-state index >= 15 is 0 Å². The molecule has 1 N–H and O–H groups in total. The van der Waals surface area contributed by atoms with E-state index in [1.54, 1.807) is 19.1 Å². The van der Waals surface area contributed by atoms with E-state index < -0.39 is 10.0 Å². The molecule has 2 aliphatic rings. The van der Waals surface area contributed by atoms with E-state index in [-0.39, 0.29) is 22.9 Å². The van der Waals surface area contributed by atoms with Crippen LogP contribution in [0.3, 0.4) is 0 Å². The Kier molecular flexibility index (Phi) is 5.94. The maximum absolute atomic E-state index is 13.0. The van der Waals surface area contributed by atoms with E-state index in [9.17, 15) is 13.2 Å². The fraction of sp³-hybridized carbons (Fsp3) is 0.381. The van der Waals surface area contributed by atoms with E-state index in [4.69, 9.17) is 14.2 Å². The molecule has 0 bridgehead atoms. The van der Waals surface area contributed by atoms with Crippen molar-refractivity contribution in [3.8, 4) is 11.5 Å². The Morgan fingerprint density at radius 2 is 1.83 bits per heavy atom. The van der Waals surface area contributed by atoms with Gasteiger partial charge in [-0.05, 0) is 30.7 Å². The molecule has 0 atom stereocenters. The molecule has 2 aromatic carbocycles. The van der Waals surface area contributed by atoms with Gasteiger partial charge in [0.15, 0.2) is 11.5 Å². The molecule has 0 radical (unpaired) electrons. The van der Waals surface area contributed by atoms with Gasteiger partial charge in [-0.25, -0.2) is 8.42 Å². The Hall–Kier alpha value is -2.62. The number of nitrogens with zero attached hydrogens (tertiary/aromatic N) is 1. The SMILES string of the molecule is Cc1ccc(C(=O)NCc2cccc3c2OCCO3)cc1S(=O)(=O)N1CCOCC1. The maximum atomic E-state index is 13.0. The lowest BCUT2D eigenvalue weighted by atomic mass is 10.1. The molecule has 0 unspecified atom stereocenters. The number of amides is 1. The monoisotopic (exact) mass is 432 g/mol. The zero-order valence-electron chi connectivity index (χ0n) is 16.7. The van der Waals surface area contributed by atoms with Crippen molar-refractivity contribution < 1.29 is 27.4 Å². The van der Waals surface area contributed by atoms with Crippen LogP contribution in [0.15, 0.2) is 41.3 Å². The van der Waals surface area contributed by atoms with Crippen LogP contribution in [-0.2, 0) is 21.3 Å². The number of carbonyl (C=O) groups excluding carboxylic acids is 1. The van der Waals surface area contributed by atoms with Gasteiger partial charge in [0.1, 0.15) is 13.2 Å². The molecule has 2 heterocycles. The zero-order valence-corrected chi connectivity index (χ0v) is 17.5. The number of sulfonamides is 1. The molecule has 8 nitrogen and oxygen atoms in total. The summed E-state index contributed by atoms with van der Waals surface area (Å²) in [5.74, 6) is 0.925. The summed E-state index contributed by atoms with van der Waals surface area (Å²) in [6.45, 7) is 4.26. The molecule has 1 saturated heterocycles. The van der Waals surface area contributed by atoms with Gasteiger partial charge in [0.2, 0.25) is 10.0 Å². The number of fused-ring (bicyclic) bond motifs is 1. The summed E-state index contributed by atoms with van der Waals surface area (Å²) >= 11 is 0. The first-order valence-corrected chi connectivity index (χ1v) is 11.2. The minimum atomic E-state index is -3.69. The normalized spacial score (nSPS) is 16.8. The average Bonchev–Trinajstić information content (AvgIpc) is 2.78. The molecular formula is C21H24N2O6S. The second-order valence-corrected chi connectivity index (χ2v) is 9.03. The minimum absolute atomic E-state index is 0.144. The summed E-state index contributed by atoms with van der Waals surface area (Å²) in [6, 6.07) is 10.2. The maximum Gasteiger partial charge on any atom is 0.251 e. The van der Waals surface area contributed by atoms with Gasteiger partial charge in [-0.2, -0.15) is 4.31 Å². The van der Waals surface area contributed by atoms with Crippen LogP contribution < -0.4 is 14.8 Å². The van der Waals surface area contributed by atoms with Crippen LogP contribution in [0, 0.1) is 6.92 Å². The molecule has 9 heteroatoms. The summed E-state index contributed by atoms with van der Waals surface area (Å²) < 4.78 is 43.9. The minimum Gasteiger partial charge on any atom is -0.486 e. The molecule has 30 heavy (non-hydrogen) atoms. The first-order valence-electron chi connectivity index (χ1n) is 9.81. The Balaban J connectivity index is 1.52. The zero-order chi connectivity index (χ0) is 21.1. The molecule has 160 valence electrons. The Morgan fingerprint density at radius 3 is 2.63 bits per heavy atom. The van der Waals surface area contributed by atoms with Gasteiger partial charge in [0, 0.05) is 30.8 Å². The van der Waals surface area contributed by atoms with E-state index in [1.165, 1.54) is 10.4 Å². The predicted molar refractivity (Wildman–Crippen MR) is 109 cm³/mol. The number of aryl methyl sites for hydroxylation is 1. The van der Waals surface area contributed by atoms with Gasteiger partial charge in [0.25, 0.3) is 5.91 Å². The molecule has 0 aliphatic carbocycles. The van der Waals surface area contributed by atoms with Crippen LogP contribution in [0.5, 0.6) is 11.5 Å². The van der Waals surface area contributed by atoms with Gasteiger partial charge in [-0.3, -0.25) is 4.79 Å². The second kappa shape index (κ2) is 8.63. The first kappa shape index (κ1) is 20.6. The van der Waals surface area contributed by atoms with E-state index in [0.29, 0.717) is 56.6 Å². The van der Waals surface area contributed by atoms with Gasteiger partial charge < -0.3 is 19.5 Å². The van der Waals surface area contributed by atoms with Gasteiger partial charge in [0.05, 0.1) is 18.1 Å². The van der Waals surface area contributed by atoms with Crippen LogP contribution in [0.4, 0.5) is 0 Å². The van der Waals surface area contributed by atoms with Crippen LogP contribution >= 0.6 is 0 Å². The van der Waals surface area contributed by atoms with E-state index in [1.807, 2.05) is 18.2 Å². The third kappa shape index (κ3) is 4.14. The number of benzene rings is 2. The van der Waals surface area contributed by atoms with Crippen LogP contribution in [0.1, 0.15) is 21.5 Å². The molecule has 1 fully saturated rings. The Bertz CT molecular complexity index is 1050. The molecule has 0 spiro atoms. The Labute approximate surface area is 175 Å². The van der Waals surface area contributed by atoms with Crippen molar-refractivity contribution >= 4 is 15.9 Å². The second-order valence-electron chi connectivity index (χ2n) is 7.12. The lowest BCUT2D eigenvalue weighted by Gasteiger charge is -2.26. The largest absolute Gasteiger partial charge is 0.486 e. The summed E-state index contributed by atoms with van der Waals surface area (Å²) in [4.78, 5) is 12.9. The van der Waals surface area contributed by atoms with Crippen LogP contribution in [0.2, 0.25) is 0 Å². The third-order valence-electron chi connectivity index (χ3n) is 5.13. The summed E-state index contributed by atoms with van der Waals surface area (Å²) in [5.41, 5.74) is 1.68. The third-order valence-corrected chi connectivity index (χ3v) is 7.17. The molecular weight excluding hydrogens is 408 g/mol. The summed E-state index contributed by atoms with van der Waals surface area (Å²) in [6.07, 6.45) is 0. The van der Waals surface area contributed by atoms with E-state index in [0.717, 1.165) is 5.56 Å². The standard InChI is InChI=1S/C21H24N2O6S/c1-15-5-6-16(13-19(15)30(25,26)23-7-9-27-10-8-23)21(24)22-14-17-3-2-4-18-20(17)29-12-11-28-18/h2-6,13H,7-12,14H2,1H3,(H,22,24). The van der Waals surface area contributed by atoms with Crippen molar-refractivity contribution in [2.45, 2.75) is 18.4 Å². The van der Waals surface area contributed by atoms with Gasteiger partial charge in [-0.1, -0.05) is 18.2 Å². The highest BCUT2D eigenvalue weighted by Crippen LogP contribution is 2.33. The van der Waals surface area contributed by atoms with Crippen molar-refractivity contribution in [2.24, 2.45) is 0 Å². The number of carbonyl (C=O) groups is 1. The van der Waals surface area contributed by atoms with Crippen molar-refractivity contribution in [2.75, 3.05) is 39.5 Å². The van der Waals surface area contributed by atoms with E-state index in [2.05, 4.69) is 5.32 Å². The molecule has 4 rings (SSSR count). The molecule has 1 amide bonds. The fourth-order valence-electron chi connectivity index (χ4n) is 3.50. The summed E-state index contributed by atoms with van der Waals surface area (Å²) in [7, 11) is -3.69. The van der Waals surface area contributed by atoms with Crippen LogP contribution in [0.25, 0.3) is 0 Å². The number of nitrogens with one attached hydrogen (secondary N) is 1. The highest BCUT2D eigenvalue weighted by Gasteiger charge is 2.28. The lowest BCUT2D eigenvalue weighted by molar-refractivity contribution is 0.0730. The number of para-hydroxylation sites is 1. The fourth-order valence-corrected chi connectivity index (χ4v) is 5.15. The molecule has 0 saturated carbocycles. The predicted octanol–water partition coefficient (Wildman–Crippen LogP) is 1.72. The Morgan fingerprint density at radius 1 is 1.07 bits per heavy atom. The number of hydrogen-bond donors (Lipinski definition) is 1.